The molecule has 0 spiro atoms. The van der Waals surface area contributed by atoms with Crippen LogP contribution in [0.15, 0.2) is 42.5 Å². The first-order valence-corrected chi connectivity index (χ1v) is 9.50. The zero-order chi connectivity index (χ0) is 20.9. The summed E-state index contributed by atoms with van der Waals surface area (Å²) in [7, 11) is 3.15. The normalized spacial score (nSPS) is 13.9. The van der Waals surface area contributed by atoms with Crippen LogP contribution in [0, 0.1) is 12.3 Å². The molecule has 0 unspecified atom stereocenters. The van der Waals surface area contributed by atoms with E-state index in [0.717, 1.165) is 11.3 Å². The summed E-state index contributed by atoms with van der Waals surface area (Å²) in [5, 5.41) is 5.65. The third-order valence-electron chi connectivity index (χ3n) is 4.94. The van der Waals surface area contributed by atoms with Gasteiger partial charge in [-0.05, 0) is 61.7 Å². The minimum absolute atomic E-state index is 0.278. The number of nitrogens with one attached hydrogen (secondary N) is 2. The number of hydrogen-bond donors (Lipinski definition) is 2. The first kappa shape index (κ1) is 20.5. The minimum Gasteiger partial charge on any atom is -0.497 e. The van der Waals surface area contributed by atoms with Crippen molar-refractivity contribution in [3.8, 4) is 17.2 Å². The Balaban J connectivity index is 1.51. The molecule has 1 saturated carbocycles. The molecule has 0 radical (unpaired) electrons. The van der Waals surface area contributed by atoms with E-state index in [1.165, 1.54) is 0 Å². The molecule has 29 heavy (non-hydrogen) atoms. The van der Waals surface area contributed by atoms with E-state index < -0.39 is 5.41 Å². The lowest BCUT2D eigenvalue weighted by Gasteiger charge is -2.17. The van der Waals surface area contributed by atoms with Crippen LogP contribution in [-0.2, 0) is 9.59 Å². The highest BCUT2D eigenvalue weighted by Gasteiger charge is 2.56. The summed E-state index contributed by atoms with van der Waals surface area (Å²) in [5.74, 6) is 1.41. The number of hydrogen-bond acceptors (Lipinski definition) is 5. The molecule has 0 bridgehead atoms. The van der Waals surface area contributed by atoms with Gasteiger partial charge in [-0.3, -0.25) is 9.59 Å². The molecular formula is C22H26N2O5. The molecule has 3 rings (SSSR count). The van der Waals surface area contributed by atoms with Crippen molar-refractivity contribution in [3.05, 3.63) is 48.0 Å². The van der Waals surface area contributed by atoms with Gasteiger partial charge in [0, 0.05) is 0 Å². The molecule has 0 aliphatic heterocycles. The van der Waals surface area contributed by atoms with Gasteiger partial charge in [0.2, 0.25) is 11.8 Å². The van der Waals surface area contributed by atoms with Crippen molar-refractivity contribution in [2.24, 2.45) is 5.41 Å². The maximum absolute atomic E-state index is 12.8. The molecule has 154 valence electrons. The molecular weight excluding hydrogens is 372 g/mol. The average molecular weight is 398 g/mol. The van der Waals surface area contributed by atoms with Crippen molar-refractivity contribution in [1.82, 2.24) is 5.32 Å². The lowest BCUT2D eigenvalue weighted by molar-refractivity contribution is -0.134. The SMILES string of the molecule is COc1ccc(OCCNC(=O)C2(C(=O)Nc3cc(C)ccc3OC)CC2)cc1. The summed E-state index contributed by atoms with van der Waals surface area (Å²) in [6, 6.07) is 12.7. The molecule has 0 heterocycles. The fourth-order valence-electron chi connectivity index (χ4n) is 3.02. The predicted octanol–water partition coefficient (Wildman–Crippen LogP) is 2.93. The van der Waals surface area contributed by atoms with E-state index in [4.69, 9.17) is 14.2 Å². The summed E-state index contributed by atoms with van der Waals surface area (Å²) in [6.45, 7) is 2.55. The van der Waals surface area contributed by atoms with Gasteiger partial charge >= 0.3 is 0 Å². The van der Waals surface area contributed by atoms with Crippen LogP contribution in [0.3, 0.4) is 0 Å². The van der Waals surface area contributed by atoms with Crippen molar-refractivity contribution in [3.63, 3.8) is 0 Å². The van der Waals surface area contributed by atoms with Crippen LogP contribution in [0.5, 0.6) is 17.2 Å². The van der Waals surface area contributed by atoms with Gasteiger partial charge in [-0.15, -0.1) is 0 Å². The van der Waals surface area contributed by atoms with Crippen LogP contribution in [0.4, 0.5) is 5.69 Å². The number of carbonyl (C=O) groups excluding carboxylic acids is 2. The second kappa shape index (κ2) is 8.86. The summed E-state index contributed by atoms with van der Waals surface area (Å²) in [5.41, 5.74) is 0.542. The van der Waals surface area contributed by atoms with E-state index in [9.17, 15) is 9.59 Å². The number of rotatable bonds is 9. The fraction of sp³-hybridized carbons (Fsp3) is 0.364. The van der Waals surface area contributed by atoms with E-state index in [-0.39, 0.29) is 11.8 Å². The highest BCUT2D eigenvalue weighted by molar-refractivity contribution is 6.13. The largest absolute Gasteiger partial charge is 0.497 e. The lowest BCUT2D eigenvalue weighted by Crippen LogP contribution is -2.41. The van der Waals surface area contributed by atoms with E-state index in [1.54, 1.807) is 44.6 Å². The summed E-state index contributed by atoms with van der Waals surface area (Å²) in [4.78, 5) is 25.4. The van der Waals surface area contributed by atoms with Gasteiger partial charge in [-0.2, -0.15) is 0 Å². The molecule has 7 nitrogen and oxygen atoms in total. The van der Waals surface area contributed by atoms with Crippen molar-refractivity contribution in [2.45, 2.75) is 19.8 Å². The molecule has 0 saturated heterocycles. The Kier molecular flexibility index (Phi) is 6.26. The molecule has 7 heteroatoms. The number of aryl methyl sites for hydroxylation is 1. The molecule has 1 fully saturated rings. The van der Waals surface area contributed by atoms with Gasteiger partial charge in [0.25, 0.3) is 0 Å². The molecule has 2 N–H and O–H groups in total. The van der Waals surface area contributed by atoms with Gasteiger partial charge in [-0.25, -0.2) is 0 Å². The molecule has 1 aliphatic carbocycles. The molecule has 0 atom stereocenters. The van der Waals surface area contributed by atoms with Crippen LogP contribution in [0.2, 0.25) is 0 Å². The predicted molar refractivity (Wildman–Crippen MR) is 110 cm³/mol. The van der Waals surface area contributed by atoms with Gasteiger partial charge in [0.1, 0.15) is 29.3 Å². The quantitative estimate of drug-likeness (QED) is 0.501. The lowest BCUT2D eigenvalue weighted by atomic mass is 10.0. The highest BCUT2D eigenvalue weighted by Crippen LogP contribution is 2.47. The Morgan fingerprint density at radius 2 is 1.66 bits per heavy atom. The molecule has 2 aromatic carbocycles. The van der Waals surface area contributed by atoms with E-state index in [1.807, 2.05) is 19.1 Å². The summed E-state index contributed by atoms with van der Waals surface area (Å²) < 4.78 is 16.0. The number of methoxy groups -OCH3 is 2. The monoisotopic (exact) mass is 398 g/mol. The third kappa shape index (κ3) is 4.80. The maximum atomic E-state index is 12.8. The Hall–Kier alpha value is -3.22. The zero-order valence-corrected chi connectivity index (χ0v) is 16.9. The van der Waals surface area contributed by atoms with Gasteiger partial charge < -0.3 is 24.8 Å². The smallest absolute Gasteiger partial charge is 0.240 e. The standard InChI is InChI=1S/C22H26N2O5/c1-15-4-9-19(28-3)18(14-15)24-21(26)22(10-11-22)20(25)23-12-13-29-17-7-5-16(27-2)6-8-17/h4-9,14H,10-13H2,1-3H3,(H,23,25)(H,24,26). The van der Waals surface area contributed by atoms with Crippen molar-refractivity contribution in [2.75, 3.05) is 32.7 Å². The van der Waals surface area contributed by atoms with Crippen molar-refractivity contribution in [1.29, 1.82) is 0 Å². The van der Waals surface area contributed by atoms with E-state index in [0.29, 0.717) is 43.2 Å². The summed E-state index contributed by atoms with van der Waals surface area (Å²) >= 11 is 0. The topological polar surface area (TPSA) is 85.9 Å². The Morgan fingerprint density at radius 3 is 2.28 bits per heavy atom. The fourth-order valence-corrected chi connectivity index (χ4v) is 3.02. The average Bonchev–Trinajstić information content (AvgIpc) is 3.54. The van der Waals surface area contributed by atoms with Crippen LogP contribution in [0.1, 0.15) is 18.4 Å². The first-order valence-electron chi connectivity index (χ1n) is 9.50. The molecule has 1 aliphatic rings. The molecule has 0 aromatic heterocycles. The second-order valence-electron chi connectivity index (χ2n) is 7.02. The third-order valence-corrected chi connectivity index (χ3v) is 4.94. The summed E-state index contributed by atoms with van der Waals surface area (Å²) in [6.07, 6.45) is 1.05. The number of benzene rings is 2. The Morgan fingerprint density at radius 1 is 0.966 bits per heavy atom. The van der Waals surface area contributed by atoms with Crippen LogP contribution in [-0.4, -0.2) is 39.2 Å². The number of anilines is 1. The minimum atomic E-state index is -1.02. The number of amides is 2. The molecule has 2 aromatic rings. The van der Waals surface area contributed by atoms with Crippen LogP contribution < -0.4 is 24.8 Å². The Labute approximate surface area is 170 Å². The maximum Gasteiger partial charge on any atom is 0.240 e. The highest BCUT2D eigenvalue weighted by atomic mass is 16.5. The van der Waals surface area contributed by atoms with Crippen LogP contribution in [0.25, 0.3) is 0 Å². The van der Waals surface area contributed by atoms with Crippen molar-refractivity contribution < 1.29 is 23.8 Å². The molecule has 2 amide bonds. The second-order valence-corrected chi connectivity index (χ2v) is 7.02. The number of carbonyl (C=O) groups is 2. The van der Waals surface area contributed by atoms with E-state index in [2.05, 4.69) is 10.6 Å². The Bertz CT molecular complexity index is 875. The first-order chi connectivity index (χ1) is 14.0. The van der Waals surface area contributed by atoms with Gasteiger partial charge in [-0.1, -0.05) is 6.07 Å². The zero-order valence-electron chi connectivity index (χ0n) is 16.9. The van der Waals surface area contributed by atoms with Crippen molar-refractivity contribution >= 4 is 17.5 Å². The van der Waals surface area contributed by atoms with E-state index >= 15 is 0 Å². The van der Waals surface area contributed by atoms with Gasteiger partial charge in [0.05, 0.1) is 26.5 Å². The van der Waals surface area contributed by atoms with Crippen LogP contribution >= 0.6 is 0 Å². The van der Waals surface area contributed by atoms with Gasteiger partial charge in [0.15, 0.2) is 0 Å². The number of ether oxygens (including phenoxy) is 3.